The number of β-amino-alcohol motifs (C(OH)–C–C–N with tert-alkyl or cyclic N) is 1. The lowest BCUT2D eigenvalue weighted by Gasteiger charge is -2.42. The van der Waals surface area contributed by atoms with Crippen LogP contribution in [0.2, 0.25) is 5.02 Å². The largest absolute Gasteiger partial charge is 0.492 e. The van der Waals surface area contributed by atoms with Crippen molar-refractivity contribution in [1.29, 1.82) is 0 Å². The highest BCUT2D eigenvalue weighted by molar-refractivity contribution is 6.30. The number of aryl methyl sites for hydroxylation is 1. The van der Waals surface area contributed by atoms with Gasteiger partial charge in [0.2, 0.25) is 0 Å². The van der Waals surface area contributed by atoms with Crippen LogP contribution in [0.25, 0.3) is 0 Å². The lowest BCUT2D eigenvalue weighted by molar-refractivity contribution is -0.140. The summed E-state index contributed by atoms with van der Waals surface area (Å²) >= 11 is 5.87. The van der Waals surface area contributed by atoms with Crippen molar-refractivity contribution < 1.29 is 19.7 Å². The summed E-state index contributed by atoms with van der Waals surface area (Å²) in [6, 6.07) is 15.6. The molecule has 0 spiro atoms. The summed E-state index contributed by atoms with van der Waals surface area (Å²) in [5.41, 5.74) is 0.878. The zero-order valence-corrected chi connectivity index (χ0v) is 19.5. The Morgan fingerprint density at radius 3 is 2.70 bits per heavy atom. The molecule has 7 nitrogen and oxygen atoms in total. The van der Waals surface area contributed by atoms with Crippen molar-refractivity contribution in [3.63, 3.8) is 0 Å². The molecule has 0 aliphatic carbocycles. The predicted octanol–water partition coefficient (Wildman–Crippen LogP) is 3.30. The van der Waals surface area contributed by atoms with Crippen molar-refractivity contribution in [3.8, 4) is 11.5 Å². The second-order valence-corrected chi connectivity index (χ2v) is 9.07. The summed E-state index contributed by atoms with van der Waals surface area (Å²) in [6.07, 6.45) is 3.04. The monoisotopic (exact) mass is 471 g/mol. The first kappa shape index (κ1) is 23.6. The van der Waals surface area contributed by atoms with Crippen LogP contribution in [-0.4, -0.2) is 62.9 Å². The molecule has 2 heterocycles. The van der Waals surface area contributed by atoms with Crippen LogP contribution in [0.3, 0.4) is 0 Å². The molecule has 1 fully saturated rings. The molecule has 0 saturated carbocycles. The number of ether oxygens (including phenoxy) is 2. The Morgan fingerprint density at radius 2 is 1.97 bits per heavy atom. The SMILES string of the molecule is Cc1cccc(OC[C@@]2(O)CN(Cc3ccc(OCCn4cc(Cl)cn4)cc3)CC[C@@H]2O)c1. The van der Waals surface area contributed by atoms with Crippen LogP contribution in [0.5, 0.6) is 11.5 Å². The molecule has 1 aliphatic heterocycles. The van der Waals surface area contributed by atoms with Crippen LogP contribution in [0.15, 0.2) is 60.9 Å². The quantitative estimate of drug-likeness (QED) is 0.498. The van der Waals surface area contributed by atoms with Crippen LogP contribution in [0, 0.1) is 6.92 Å². The number of piperidine rings is 1. The minimum absolute atomic E-state index is 0.0440. The van der Waals surface area contributed by atoms with Gasteiger partial charge >= 0.3 is 0 Å². The summed E-state index contributed by atoms with van der Waals surface area (Å²) in [5, 5.41) is 26.3. The van der Waals surface area contributed by atoms with Crippen molar-refractivity contribution in [2.75, 3.05) is 26.3 Å². The molecule has 4 rings (SSSR count). The highest BCUT2D eigenvalue weighted by Crippen LogP contribution is 2.25. The van der Waals surface area contributed by atoms with E-state index in [9.17, 15) is 10.2 Å². The van der Waals surface area contributed by atoms with Gasteiger partial charge < -0.3 is 19.7 Å². The van der Waals surface area contributed by atoms with Crippen LogP contribution in [0.1, 0.15) is 17.5 Å². The molecule has 1 aromatic heterocycles. The van der Waals surface area contributed by atoms with Gasteiger partial charge in [-0.25, -0.2) is 0 Å². The van der Waals surface area contributed by atoms with Gasteiger partial charge in [-0.3, -0.25) is 9.58 Å². The van der Waals surface area contributed by atoms with Gasteiger partial charge in [0.25, 0.3) is 0 Å². The average molecular weight is 472 g/mol. The molecule has 3 aromatic rings. The van der Waals surface area contributed by atoms with E-state index in [0.717, 1.165) is 16.9 Å². The van der Waals surface area contributed by atoms with Crippen molar-refractivity contribution in [2.45, 2.75) is 38.1 Å². The van der Waals surface area contributed by atoms with E-state index in [-0.39, 0.29) is 6.61 Å². The van der Waals surface area contributed by atoms with E-state index in [4.69, 9.17) is 21.1 Å². The summed E-state index contributed by atoms with van der Waals surface area (Å²) < 4.78 is 13.3. The molecule has 176 valence electrons. The van der Waals surface area contributed by atoms with Gasteiger partial charge in [0.1, 0.15) is 30.3 Å². The first-order valence-electron chi connectivity index (χ1n) is 11.1. The summed E-state index contributed by atoms with van der Waals surface area (Å²) in [4.78, 5) is 2.14. The van der Waals surface area contributed by atoms with E-state index >= 15 is 0 Å². The second-order valence-electron chi connectivity index (χ2n) is 8.64. The van der Waals surface area contributed by atoms with Gasteiger partial charge in [0, 0.05) is 25.8 Å². The third-order valence-electron chi connectivity index (χ3n) is 5.84. The summed E-state index contributed by atoms with van der Waals surface area (Å²) in [6.45, 7) is 4.87. The first-order chi connectivity index (χ1) is 15.9. The predicted molar refractivity (Wildman–Crippen MR) is 127 cm³/mol. The number of hydrogen-bond donors (Lipinski definition) is 2. The van der Waals surface area contributed by atoms with E-state index in [2.05, 4.69) is 10.00 Å². The van der Waals surface area contributed by atoms with E-state index in [1.165, 1.54) is 0 Å². The van der Waals surface area contributed by atoms with Crippen LogP contribution < -0.4 is 9.47 Å². The number of aliphatic hydroxyl groups excluding tert-OH is 1. The molecule has 0 unspecified atom stereocenters. The van der Waals surface area contributed by atoms with Crippen molar-refractivity contribution in [3.05, 3.63) is 77.1 Å². The lowest BCUT2D eigenvalue weighted by atomic mass is 9.90. The highest BCUT2D eigenvalue weighted by Gasteiger charge is 2.42. The molecular formula is C25H30ClN3O4. The van der Waals surface area contributed by atoms with E-state index < -0.39 is 11.7 Å². The fourth-order valence-electron chi connectivity index (χ4n) is 4.00. The standard InChI is InChI=1S/C25H30ClN3O4/c1-19-3-2-4-23(13-19)33-18-25(31)17-28(10-9-24(25)30)15-20-5-7-22(8-6-20)32-12-11-29-16-21(26)14-27-29/h2-8,13-14,16,24,30-31H,9-12,15,17-18H2,1H3/t24-,25-/m0/s1. The molecule has 1 aliphatic rings. The van der Waals surface area contributed by atoms with Crippen LogP contribution in [-0.2, 0) is 13.1 Å². The zero-order valence-electron chi connectivity index (χ0n) is 18.7. The third kappa shape index (κ3) is 6.48. The van der Waals surface area contributed by atoms with E-state index in [1.54, 1.807) is 17.1 Å². The number of aromatic nitrogens is 2. The topological polar surface area (TPSA) is 80.0 Å². The Labute approximate surface area is 199 Å². The van der Waals surface area contributed by atoms with Crippen LogP contribution in [0.4, 0.5) is 0 Å². The molecule has 0 amide bonds. The Hall–Kier alpha value is -2.58. The van der Waals surface area contributed by atoms with Crippen molar-refractivity contribution >= 4 is 11.6 Å². The van der Waals surface area contributed by atoms with Gasteiger partial charge in [0.15, 0.2) is 0 Å². The highest BCUT2D eigenvalue weighted by atomic mass is 35.5. The fourth-order valence-corrected chi connectivity index (χ4v) is 4.16. The maximum atomic E-state index is 11.1. The smallest absolute Gasteiger partial charge is 0.137 e. The van der Waals surface area contributed by atoms with Crippen molar-refractivity contribution in [2.24, 2.45) is 0 Å². The average Bonchev–Trinajstić information content (AvgIpc) is 3.21. The maximum absolute atomic E-state index is 11.1. The zero-order chi connectivity index (χ0) is 23.3. The number of nitrogens with zero attached hydrogens (tertiary/aromatic N) is 3. The Balaban J connectivity index is 1.28. The molecule has 1 saturated heterocycles. The number of halogens is 1. The minimum atomic E-state index is -1.32. The number of hydrogen-bond acceptors (Lipinski definition) is 6. The van der Waals surface area contributed by atoms with Gasteiger partial charge in [0.05, 0.1) is 23.9 Å². The van der Waals surface area contributed by atoms with Gasteiger partial charge in [-0.1, -0.05) is 35.9 Å². The lowest BCUT2D eigenvalue weighted by Crippen LogP contribution is -2.59. The number of likely N-dealkylation sites (tertiary alicyclic amines) is 1. The molecule has 2 atom stereocenters. The van der Waals surface area contributed by atoms with E-state index in [1.807, 2.05) is 55.5 Å². The van der Waals surface area contributed by atoms with Gasteiger partial charge in [-0.2, -0.15) is 5.10 Å². The molecule has 8 heteroatoms. The maximum Gasteiger partial charge on any atom is 0.137 e. The van der Waals surface area contributed by atoms with Gasteiger partial charge in [-0.05, 0) is 48.7 Å². The summed E-state index contributed by atoms with van der Waals surface area (Å²) in [7, 11) is 0. The molecule has 2 aromatic carbocycles. The number of rotatable bonds is 9. The molecular weight excluding hydrogens is 442 g/mol. The van der Waals surface area contributed by atoms with Gasteiger partial charge in [-0.15, -0.1) is 0 Å². The molecule has 0 bridgehead atoms. The molecule has 2 N–H and O–H groups in total. The molecule has 33 heavy (non-hydrogen) atoms. The minimum Gasteiger partial charge on any atom is -0.492 e. The number of benzene rings is 2. The van der Waals surface area contributed by atoms with Crippen molar-refractivity contribution in [1.82, 2.24) is 14.7 Å². The first-order valence-corrected chi connectivity index (χ1v) is 11.5. The molecule has 0 radical (unpaired) electrons. The number of aliphatic hydroxyl groups is 2. The summed E-state index contributed by atoms with van der Waals surface area (Å²) in [5.74, 6) is 1.48. The van der Waals surface area contributed by atoms with Crippen LogP contribution >= 0.6 is 11.6 Å². The third-order valence-corrected chi connectivity index (χ3v) is 6.03. The Bertz CT molecular complexity index is 1040. The Morgan fingerprint density at radius 1 is 1.15 bits per heavy atom. The van der Waals surface area contributed by atoms with E-state index in [0.29, 0.717) is 50.0 Å². The fraction of sp³-hybridized carbons (Fsp3) is 0.400. The normalized spacial score (nSPS) is 21.2. The second kappa shape index (κ2) is 10.6. The Kier molecular flexibility index (Phi) is 7.55.